The molecule has 0 spiro atoms. The van der Waals surface area contributed by atoms with Crippen molar-refractivity contribution < 1.29 is 31.8 Å². The average molecular weight is 462 g/mol. The van der Waals surface area contributed by atoms with Gasteiger partial charge in [0.05, 0.1) is 25.4 Å². The van der Waals surface area contributed by atoms with Crippen LogP contribution in [-0.4, -0.2) is 44.4 Å². The highest BCUT2D eigenvalue weighted by Gasteiger charge is 2.26. The van der Waals surface area contributed by atoms with Crippen molar-refractivity contribution in [2.24, 2.45) is 0 Å². The molecular weight excluding hydrogens is 438 g/mol. The van der Waals surface area contributed by atoms with E-state index in [2.05, 4.69) is 0 Å². The fourth-order valence-corrected chi connectivity index (χ4v) is 2.91. The van der Waals surface area contributed by atoms with E-state index in [0.29, 0.717) is 45.2 Å². The Balaban J connectivity index is 0.00000341. The molecule has 3 rings (SSSR count). The van der Waals surface area contributed by atoms with Crippen molar-refractivity contribution in [2.75, 3.05) is 39.5 Å². The Morgan fingerprint density at radius 1 is 0.935 bits per heavy atom. The van der Waals surface area contributed by atoms with Crippen LogP contribution in [0, 0.1) is 23.3 Å². The van der Waals surface area contributed by atoms with E-state index < -0.39 is 34.6 Å². The van der Waals surface area contributed by atoms with Crippen LogP contribution in [0.1, 0.15) is 18.9 Å². The second-order valence-corrected chi connectivity index (χ2v) is 6.74. The second kappa shape index (κ2) is 11.9. The lowest BCUT2D eigenvalue weighted by Gasteiger charge is -2.25. The molecule has 0 radical (unpaired) electrons. The zero-order valence-corrected chi connectivity index (χ0v) is 17.8. The van der Waals surface area contributed by atoms with E-state index in [-0.39, 0.29) is 18.2 Å². The minimum Gasteiger partial charge on any atom is -0.494 e. The van der Waals surface area contributed by atoms with Crippen LogP contribution in [-0.2, 0) is 4.74 Å². The van der Waals surface area contributed by atoms with Crippen LogP contribution in [0.4, 0.5) is 17.6 Å². The number of rotatable bonds is 8. The van der Waals surface area contributed by atoms with Gasteiger partial charge in [-0.2, -0.15) is 8.78 Å². The molecule has 0 aliphatic carbocycles. The maximum Gasteiger partial charge on any atom is 0.205 e. The number of hydrogen-bond acceptors (Lipinski definition) is 4. The molecule has 2 aromatic rings. The highest BCUT2D eigenvalue weighted by molar-refractivity contribution is 5.85. The zero-order valence-electron chi connectivity index (χ0n) is 17.0. The lowest BCUT2D eigenvalue weighted by Crippen LogP contribution is -2.36. The van der Waals surface area contributed by atoms with Crippen molar-refractivity contribution in [3.05, 3.63) is 59.2 Å². The first-order valence-corrected chi connectivity index (χ1v) is 9.74. The third-order valence-corrected chi connectivity index (χ3v) is 4.53. The van der Waals surface area contributed by atoms with Gasteiger partial charge in [0, 0.05) is 19.6 Å². The van der Waals surface area contributed by atoms with E-state index in [1.807, 2.05) is 11.8 Å². The first kappa shape index (κ1) is 25.0. The Morgan fingerprint density at radius 3 is 2.10 bits per heavy atom. The molecule has 2 aromatic carbocycles. The van der Waals surface area contributed by atoms with Gasteiger partial charge in [0.15, 0.2) is 11.6 Å². The first-order chi connectivity index (χ1) is 14.5. The number of nitrogens with zero attached hydrogens (tertiary/aromatic N) is 1. The van der Waals surface area contributed by atoms with Crippen LogP contribution in [0.5, 0.6) is 17.2 Å². The summed E-state index contributed by atoms with van der Waals surface area (Å²) < 4.78 is 73.4. The van der Waals surface area contributed by atoms with Gasteiger partial charge >= 0.3 is 0 Å². The molecule has 1 saturated heterocycles. The van der Waals surface area contributed by atoms with E-state index in [1.54, 1.807) is 0 Å². The smallest absolute Gasteiger partial charge is 0.205 e. The van der Waals surface area contributed by atoms with Crippen molar-refractivity contribution in [2.45, 2.75) is 13.3 Å². The molecule has 1 aliphatic heterocycles. The molecule has 1 heterocycles. The van der Waals surface area contributed by atoms with Gasteiger partial charge < -0.3 is 14.2 Å². The van der Waals surface area contributed by atoms with E-state index >= 15 is 0 Å². The molecule has 4 nitrogen and oxygen atoms in total. The number of benzene rings is 2. The minimum absolute atomic E-state index is 0. The normalized spacial score (nSPS) is 14.5. The van der Waals surface area contributed by atoms with Gasteiger partial charge in [0.25, 0.3) is 0 Å². The summed E-state index contributed by atoms with van der Waals surface area (Å²) in [6.45, 7) is 5.33. The van der Waals surface area contributed by atoms with E-state index in [1.165, 1.54) is 30.3 Å². The average Bonchev–Trinajstić information content (AvgIpc) is 2.78. The molecule has 0 bridgehead atoms. The third-order valence-electron chi connectivity index (χ3n) is 4.53. The predicted octanol–water partition coefficient (Wildman–Crippen LogP) is 5.59. The van der Waals surface area contributed by atoms with Crippen LogP contribution in [0.2, 0.25) is 0 Å². The Bertz CT molecular complexity index is 858. The van der Waals surface area contributed by atoms with Crippen LogP contribution in [0.25, 0.3) is 6.08 Å². The number of ether oxygens (including phenoxy) is 3. The standard InChI is InChI=1S/C22H23F4NO3.ClH/c1-2-12-29-15-5-7-16(8-6-15)30-22-20(25)18(23)17(19(24)21(22)26)4-3-9-27-10-13-28-14-11-27;/h3-8H,2,9-14H2,1H3;1H/b4-3+;. The lowest BCUT2D eigenvalue weighted by atomic mass is 10.1. The molecule has 0 amide bonds. The van der Waals surface area contributed by atoms with Gasteiger partial charge in [0.2, 0.25) is 17.4 Å². The van der Waals surface area contributed by atoms with Crippen molar-refractivity contribution >= 4 is 18.5 Å². The van der Waals surface area contributed by atoms with Gasteiger partial charge in [-0.15, -0.1) is 12.4 Å². The lowest BCUT2D eigenvalue weighted by molar-refractivity contribution is 0.0435. The molecule has 0 aromatic heterocycles. The molecule has 31 heavy (non-hydrogen) atoms. The molecule has 170 valence electrons. The fourth-order valence-electron chi connectivity index (χ4n) is 2.91. The number of morpholine rings is 1. The Morgan fingerprint density at radius 2 is 1.52 bits per heavy atom. The number of halogens is 5. The third kappa shape index (κ3) is 6.35. The summed E-state index contributed by atoms with van der Waals surface area (Å²) in [5, 5.41) is 0. The SMILES string of the molecule is CCCOc1ccc(Oc2c(F)c(F)c(/C=C/CN3CCOCC3)c(F)c2F)cc1.Cl. The Labute approximate surface area is 184 Å². The Hall–Kier alpha value is -2.29. The van der Waals surface area contributed by atoms with Crippen LogP contribution >= 0.6 is 12.4 Å². The maximum atomic E-state index is 14.4. The van der Waals surface area contributed by atoms with Crippen molar-refractivity contribution in [1.82, 2.24) is 4.90 Å². The quantitative estimate of drug-likeness (QED) is 0.379. The summed E-state index contributed by atoms with van der Waals surface area (Å²) in [7, 11) is 0. The van der Waals surface area contributed by atoms with E-state index in [9.17, 15) is 17.6 Å². The van der Waals surface area contributed by atoms with Crippen molar-refractivity contribution in [1.29, 1.82) is 0 Å². The summed E-state index contributed by atoms with van der Waals surface area (Å²) in [4.78, 5) is 1.99. The molecule has 0 saturated carbocycles. The van der Waals surface area contributed by atoms with Crippen LogP contribution in [0.15, 0.2) is 30.3 Å². The predicted molar refractivity (Wildman–Crippen MR) is 112 cm³/mol. The fraction of sp³-hybridized carbons (Fsp3) is 0.364. The first-order valence-electron chi connectivity index (χ1n) is 9.74. The monoisotopic (exact) mass is 461 g/mol. The molecule has 9 heteroatoms. The summed E-state index contributed by atoms with van der Waals surface area (Å²) in [6, 6.07) is 5.87. The van der Waals surface area contributed by atoms with Gasteiger partial charge in [0.1, 0.15) is 11.5 Å². The van der Waals surface area contributed by atoms with E-state index in [0.717, 1.165) is 12.5 Å². The van der Waals surface area contributed by atoms with Gasteiger partial charge in [-0.05, 0) is 30.7 Å². The Kier molecular flexibility index (Phi) is 9.61. The molecular formula is C22H24ClF4NO3. The zero-order chi connectivity index (χ0) is 21.5. The highest BCUT2D eigenvalue weighted by Crippen LogP contribution is 2.34. The molecule has 0 unspecified atom stereocenters. The minimum atomic E-state index is -1.59. The largest absolute Gasteiger partial charge is 0.494 e. The molecule has 1 fully saturated rings. The summed E-state index contributed by atoms with van der Waals surface area (Å²) >= 11 is 0. The highest BCUT2D eigenvalue weighted by atomic mass is 35.5. The molecule has 1 aliphatic rings. The van der Waals surface area contributed by atoms with Crippen LogP contribution < -0.4 is 9.47 Å². The van der Waals surface area contributed by atoms with E-state index in [4.69, 9.17) is 14.2 Å². The summed E-state index contributed by atoms with van der Waals surface area (Å²) in [5.74, 6) is -6.76. The van der Waals surface area contributed by atoms with Gasteiger partial charge in [-0.1, -0.05) is 19.1 Å². The van der Waals surface area contributed by atoms with Crippen molar-refractivity contribution in [3.8, 4) is 17.2 Å². The number of hydrogen-bond donors (Lipinski definition) is 0. The van der Waals surface area contributed by atoms with Crippen molar-refractivity contribution in [3.63, 3.8) is 0 Å². The second-order valence-electron chi connectivity index (χ2n) is 6.74. The van der Waals surface area contributed by atoms with Gasteiger partial charge in [-0.25, -0.2) is 8.78 Å². The summed E-state index contributed by atoms with van der Waals surface area (Å²) in [5.41, 5.74) is -0.783. The topological polar surface area (TPSA) is 30.9 Å². The maximum absolute atomic E-state index is 14.4. The summed E-state index contributed by atoms with van der Waals surface area (Å²) in [6.07, 6.45) is 3.32. The molecule has 0 atom stereocenters. The van der Waals surface area contributed by atoms with Crippen LogP contribution in [0.3, 0.4) is 0 Å². The van der Waals surface area contributed by atoms with Gasteiger partial charge in [-0.3, -0.25) is 4.90 Å². The molecule has 0 N–H and O–H groups in total.